The molecule has 0 fully saturated rings. The van der Waals surface area contributed by atoms with E-state index in [0.29, 0.717) is 33.7 Å². The van der Waals surface area contributed by atoms with Crippen molar-refractivity contribution in [2.24, 2.45) is 0 Å². The smallest absolute Gasteiger partial charge is 0.286 e. The molecule has 3 rings (SSSR count). The fourth-order valence-electron chi connectivity index (χ4n) is 2.45. The first kappa shape index (κ1) is 21.0. The van der Waals surface area contributed by atoms with E-state index in [0.717, 1.165) is 17.3 Å². The van der Waals surface area contributed by atoms with Crippen LogP contribution in [0.5, 0.6) is 0 Å². The fourth-order valence-corrected chi connectivity index (χ4v) is 3.32. The number of aryl methyl sites for hydroxylation is 1. The molecule has 1 aromatic heterocycles. The Labute approximate surface area is 178 Å². The summed E-state index contributed by atoms with van der Waals surface area (Å²) < 4.78 is 5.72. The summed E-state index contributed by atoms with van der Waals surface area (Å²) in [5, 5.41) is 3.39. The highest BCUT2D eigenvalue weighted by molar-refractivity contribution is 8.13. The Kier molecular flexibility index (Phi) is 6.95. The topological polar surface area (TPSA) is 75.4 Å². The van der Waals surface area contributed by atoms with E-state index in [9.17, 15) is 9.59 Å². The van der Waals surface area contributed by atoms with Crippen molar-refractivity contribution in [2.45, 2.75) is 17.7 Å². The van der Waals surface area contributed by atoms with Crippen molar-refractivity contribution in [3.63, 3.8) is 0 Å². The molecule has 8 heteroatoms. The summed E-state index contributed by atoms with van der Waals surface area (Å²) in [6.07, 6.45) is 2.21. The number of amides is 2. The Hall–Kier alpha value is -2.77. The van der Waals surface area contributed by atoms with E-state index < -0.39 is 0 Å². The number of hydrogen-bond acceptors (Lipinski definition) is 5. The Morgan fingerprint density at radius 1 is 1.14 bits per heavy atom. The molecule has 0 unspecified atom stereocenters. The predicted octanol–water partition coefficient (Wildman–Crippen LogP) is 5.34. The molecule has 0 bridgehead atoms. The molecule has 0 spiro atoms. The second kappa shape index (κ2) is 9.62. The fraction of sp³-hybridized carbons (Fsp3) is 0.190. The number of hydrogen-bond donors (Lipinski definition) is 1. The number of halogens is 1. The normalized spacial score (nSPS) is 10.6. The molecule has 6 nitrogen and oxygen atoms in total. The van der Waals surface area contributed by atoms with Gasteiger partial charge in [0.25, 0.3) is 5.24 Å². The number of carbonyl (C=O) groups is 2. The lowest BCUT2D eigenvalue weighted by Gasteiger charge is -2.13. The monoisotopic (exact) mass is 429 g/mol. The van der Waals surface area contributed by atoms with Gasteiger partial charge < -0.3 is 14.6 Å². The number of nitrogens with zero attached hydrogens (tertiary/aromatic N) is 2. The van der Waals surface area contributed by atoms with Crippen LogP contribution >= 0.6 is 23.4 Å². The quantitative estimate of drug-likeness (QED) is 0.535. The van der Waals surface area contributed by atoms with Crippen molar-refractivity contribution in [3.05, 3.63) is 65.6 Å². The molecule has 1 N–H and O–H groups in total. The minimum Gasteiger partial charge on any atom is -0.441 e. The summed E-state index contributed by atoms with van der Waals surface area (Å²) in [5.74, 6) is 0.929. The standard InChI is InChI=1S/C21H20ClN3O3S/c1-25(2)21(27)29-18-6-4-3-5-16(18)24-19(26)11-12-20-23-13-17(28-20)14-7-9-15(22)10-8-14/h3-10,13H,11-12H2,1-2H3,(H,24,26). The SMILES string of the molecule is CN(C)C(=O)Sc1ccccc1NC(=O)CCc1ncc(-c2ccc(Cl)cc2)o1. The van der Waals surface area contributed by atoms with E-state index in [1.807, 2.05) is 24.3 Å². The molecule has 0 radical (unpaired) electrons. The van der Waals surface area contributed by atoms with Crippen molar-refractivity contribution in [1.82, 2.24) is 9.88 Å². The van der Waals surface area contributed by atoms with E-state index in [4.69, 9.17) is 16.0 Å². The zero-order chi connectivity index (χ0) is 20.8. The summed E-state index contributed by atoms with van der Waals surface area (Å²) in [5.41, 5.74) is 1.47. The van der Waals surface area contributed by atoms with Gasteiger partial charge in [0.05, 0.1) is 11.9 Å². The molecule has 2 aromatic carbocycles. The van der Waals surface area contributed by atoms with Crippen molar-refractivity contribution in [1.29, 1.82) is 0 Å². The lowest BCUT2D eigenvalue weighted by Crippen LogP contribution is -2.17. The minimum absolute atomic E-state index is 0.110. The molecule has 0 aliphatic rings. The molecule has 150 valence electrons. The number of aromatic nitrogens is 1. The van der Waals surface area contributed by atoms with Crippen LogP contribution in [0.2, 0.25) is 5.02 Å². The van der Waals surface area contributed by atoms with Gasteiger partial charge >= 0.3 is 0 Å². The van der Waals surface area contributed by atoms with Crippen LogP contribution in [-0.4, -0.2) is 35.1 Å². The van der Waals surface area contributed by atoms with Crippen molar-refractivity contribution in [3.8, 4) is 11.3 Å². The highest BCUT2D eigenvalue weighted by Gasteiger charge is 2.13. The molecule has 0 saturated heterocycles. The van der Waals surface area contributed by atoms with Crippen LogP contribution in [-0.2, 0) is 11.2 Å². The van der Waals surface area contributed by atoms with Gasteiger partial charge in [-0.3, -0.25) is 9.59 Å². The zero-order valence-corrected chi connectivity index (χ0v) is 17.6. The Balaban J connectivity index is 1.58. The van der Waals surface area contributed by atoms with Crippen molar-refractivity contribution < 1.29 is 14.0 Å². The average molecular weight is 430 g/mol. The predicted molar refractivity (Wildman–Crippen MR) is 115 cm³/mol. The maximum Gasteiger partial charge on any atom is 0.286 e. The third-order valence-electron chi connectivity index (χ3n) is 3.97. The number of carbonyl (C=O) groups excluding carboxylic acids is 2. The maximum atomic E-state index is 12.4. The number of nitrogens with one attached hydrogen (secondary N) is 1. The summed E-state index contributed by atoms with van der Waals surface area (Å²) in [4.78, 5) is 30.7. The van der Waals surface area contributed by atoms with Gasteiger partial charge in [-0.05, 0) is 48.2 Å². The molecule has 2 amide bonds. The number of para-hydroxylation sites is 1. The van der Waals surface area contributed by atoms with E-state index >= 15 is 0 Å². The molecule has 0 aliphatic heterocycles. The van der Waals surface area contributed by atoms with Crippen LogP contribution < -0.4 is 5.32 Å². The highest BCUT2D eigenvalue weighted by atomic mass is 35.5. The number of benzene rings is 2. The van der Waals surface area contributed by atoms with Crippen molar-refractivity contribution in [2.75, 3.05) is 19.4 Å². The lowest BCUT2D eigenvalue weighted by atomic mass is 10.2. The Bertz CT molecular complexity index is 1000. The van der Waals surface area contributed by atoms with E-state index in [1.165, 1.54) is 4.90 Å². The van der Waals surface area contributed by atoms with Gasteiger partial charge in [0.1, 0.15) is 0 Å². The van der Waals surface area contributed by atoms with Crippen molar-refractivity contribution >= 4 is 40.2 Å². The maximum absolute atomic E-state index is 12.4. The molecule has 0 aliphatic carbocycles. The van der Waals surface area contributed by atoms with Crippen LogP contribution in [0.15, 0.2) is 64.0 Å². The van der Waals surface area contributed by atoms with Gasteiger partial charge in [-0.1, -0.05) is 23.7 Å². The van der Waals surface area contributed by atoms with Gasteiger partial charge in [-0.25, -0.2) is 4.98 Å². The van der Waals surface area contributed by atoms with Gasteiger partial charge in [-0.15, -0.1) is 0 Å². The van der Waals surface area contributed by atoms with Crippen LogP contribution in [0, 0.1) is 0 Å². The Morgan fingerprint density at radius 2 is 1.86 bits per heavy atom. The second-order valence-electron chi connectivity index (χ2n) is 6.43. The number of anilines is 1. The summed E-state index contributed by atoms with van der Waals surface area (Å²) in [7, 11) is 3.37. The number of thioether (sulfide) groups is 1. The lowest BCUT2D eigenvalue weighted by molar-refractivity contribution is -0.116. The van der Waals surface area contributed by atoms with Crippen LogP contribution in [0.1, 0.15) is 12.3 Å². The number of rotatable bonds is 6. The van der Waals surface area contributed by atoms with Crippen LogP contribution in [0.3, 0.4) is 0 Å². The number of oxazole rings is 1. The van der Waals surface area contributed by atoms with Crippen LogP contribution in [0.25, 0.3) is 11.3 Å². The summed E-state index contributed by atoms with van der Waals surface area (Å²) >= 11 is 6.97. The van der Waals surface area contributed by atoms with Gasteiger partial charge in [0, 0.05) is 42.4 Å². The first-order valence-electron chi connectivity index (χ1n) is 8.91. The van der Waals surface area contributed by atoms with Gasteiger partial charge in [0.15, 0.2) is 11.7 Å². The van der Waals surface area contributed by atoms with E-state index in [2.05, 4.69) is 10.3 Å². The molecule has 1 heterocycles. The molecule has 29 heavy (non-hydrogen) atoms. The third-order valence-corrected chi connectivity index (χ3v) is 5.34. The third kappa shape index (κ3) is 5.85. The Morgan fingerprint density at radius 3 is 2.59 bits per heavy atom. The minimum atomic E-state index is -0.179. The molecular formula is C21H20ClN3O3S. The zero-order valence-electron chi connectivity index (χ0n) is 16.0. The molecule has 0 atom stereocenters. The average Bonchev–Trinajstić information content (AvgIpc) is 3.17. The van der Waals surface area contributed by atoms with Gasteiger partial charge in [-0.2, -0.15) is 0 Å². The summed E-state index contributed by atoms with van der Waals surface area (Å²) in [6, 6.07) is 14.5. The largest absolute Gasteiger partial charge is 0.441 e. The molecule has 0 saturated carbocycles. The molecule has 3 aromatic rings. The van der Waals surface area contributed by atoms with E-state index in [-0.39, 0.29) is 17.6 Å². The van der Waals surface area contributed by atoms with Crippen LogP contribution in [0.4, 0.5) is 10.5 Å². The first-order chi connectivity index (χ1) is 13.9. The highest BCUT2D eigenvalue weighted by Crippen LogP contribution is 2.29. The van der Waals surface area contributed by atoms with E-state index in [1.54, 1.807) is 44.6 Å². The summed E-state index contributed by atoms with van der Waals surface area (Å²) in [6.45, 7) is 0. The first-order valence-corrected chi connectivity index (χ1v) is 10.1. The van der Waals surface area contributed by atoms with Gasteiger partial charge in [0.2, 0.25) is 5.91 Å². The second-order valence-corrected chi connectivity index (χ2v) is 7.86. The molecular weight excluding hydrogens is 410 g/mol.